The summed E-state index contributed by atoms with van der Waals surface area (Å²) in [6.45, 7) is 4.33. The van der Waals surface area contributed by atoms with Crippen LogP contribution >= 0.6 is 0 Å². The summed E-state index contributed by atoms with van der Waals surface area (Å²) in [5.41, 5.74) is 7.80. The van der Waals surface area contributed by atoms with Gasteiger partial charge in [-0.15, -0.1) is 0 Å². The molecule has 1 aliphatic rings. The minimum atomic E-state index is -0.0284. The Bertz CT molecular complexity index is 401. The van der Waals surface area contributed by atoms with Gasteiger partial charge >= 0.3 is 0 Å². The summed E-state index contributed by atoms with van der Waals surface area (Å²) in [6, 6.07) is 11.3. The first-order valence-corrected chi connectivity index (χ1v) is 7.87. The van der Waals surface area contributed by atoms with Crippen molar-refractivity contribution in [3.05, 3.63) is 35.9 Å². The predicted octanol–water partition coefficient (Wildman–Crippen LogP) is 4.10. The topological polar surface area (TPSA) is 35.2 Å². The highest BCUT2D eigenvalue weighted by molar-refractivity contribution is 5.20. The Balaban J connectivity index is 1.95. The van der Waals surface area contributed by atoms with Crippen LogP contribution in [-0.2, 0) is 4.74 Å². The van der Waals surface area contributed by atoms with Gasteiger partial charge in [-0.25, -0.2) is 0 Å². The maximum absolute atomic E-state index is 6.35. The van der Waals surface area contributed by atoms with Gasteiger partial charge in [0.2, 0.25) is 0 Å². The number of methoxy groups -OCH3 is 1. The number of hydrogen-bond donors (Lipinski definition) is 1. The van der Waals surface area contributed by atoms with Gasteiger partial charge in [0, 0.05) is 13.2 Å². The minimum Gasteiger partial charge on any atom is -0.379 e. The lowest BCUT2D eigenvalue weighted by Crippen LogP contribution is -2.37. The predicted molar refractivity (Wildman–Crippen MR) is 84.8 cm³/mol. The van der Waals surface area contributed by atoms with Crippen LogP contribution in [0.25, 0.3) is 0 Å². The zero-order chi connectivity index (χ0) is 14.6. The number of rotatable bonds is 5. The van der Waals surface area contributed by atoms with Gasteiger partial charge in [-0.2, -0.15) is 0 Å². The van der Waals surface area contributed by atoms with Crippen LogP contribution in [0.5, 0.6) is 0 Å². The molecular weight excluding hydrogens is 246 g/mol. The van der Waals surface area contributed by atoms with Gasteiger partial charge in [-0.3, -0.25) is 0 Å². The number of benzene rings is 1. The molecule has 0 aliphatic heterocycles. The summed E-state index contributed by atoms with van der Waals surface area (Å²) in [6.07, 6.45) is 5.87. The zero-order valence-electron chi connectivity index (χ0n) is 13.1. The van der Waals surface area contributed by atoms with Crippen LogP contribution < -0.4 is 5.73 Å². The first-order chi connectivity index (χ1) is 9.52. The maximum atomic E-state index is 6.35. The molecule has 0 spiro atoms. The molecule has 0 heterocycles. The van der Waals surface area contributed by atoms with Crippen LogP contribution in [0.2, 0.25) is 0 Å². The van der Waals surface area contributed by atoms with Gasteiger partial charge in [-0.05, 0) is 63.4 Å². The van der Waals surface area contributed by atoms with Gasteiger partial charge in [-0.1, -0.05) is 30.3 Å². The molecule has 0 aromatic heterocycles. The highest BCUT2D eigenvalue weighted by Gasteiger charge is 2.30. The van der Waals surface area contributed by atoms with Crippen LogP contribution in [0, 0.1) is 5.92 Å². The number of ether oxygens (including phenoxy) is 1. The molecule has 2 nitrogen and oxygen atoms in total. The van der Waals surface area contributed by atoms with Gasteiger partial charge in [0.25, 0.3) is 0 Å². The zero-order valence-corrected chi connectivity index (χ0v) is 13.1. The lowest BCUT2D eigenvalue weighted by molar-refractivity contribution is 0.00791. The van der Waals surface area contributed by atoms with E-state index in [2.05, 4.69) is 44.2 Å². The first-order valence-electron chi connectivity index (χ1n) is 7.87. The van der Waals surface area contributed by atoms with Crippen molar-refractivity contribution in [3.63, 3.8) is 0 Å². The van der Waals surface area contributed by atoms with Crippen molar-refractivity contribution in [2.75, 3.05) is 7.11 Å². The van der Waals surface area contributed by atoms with E-state index in [-0.39, 0.29) is 5.60 Å². The Morgan fingerprint density at radius 3 is 2.55 bits per heavy atom. The Kier molecular flexibility index (Phi) is 5.22. The lowest BCUT2D eigenvalue weighted by Gasteiger charge is -2.36. The fourth-order valence-electron chi connectivity index (χ4n) is 3.28. The van der Waals surface area contributed by atoms with Gasteiger partial charge in [0.05, 0.1) is 5.60 Å². The standard InChI is InChI=1S/C18H29NO/c1-18(2,20-3)12-11-16-13-15(9-10-17(16)19)14-7-5-4-6-8-14/h4-8,15-17H,9-13,19H2,1-3H3. The minimum absolute atomic E-state index is 0.0284. The van der Waals surface area contributed by atoms with Crippen LogP contribution in [0.3, 0.4) is 0 Å². The van der Waals surface area contributed by atoms with Crippen LogP contribution in [0.4, 0.5) is 0 Å². The molecule has 3 atom stereocenters. The van der Waals surface area contributed by atoms with Crippen molar-refractivity contribution in [2.45, 2.75) is 63.5 Å². The molecule has 1 fully saturated rings. The monoisotopic (exact) mass is 275 g/mol. The lowest BCUT2D eigenvalue weighted by atomic mass is 9.73. The van der Waals surface area contributed by atoms with E-state index in [1.165, 1.54) is 24.8 Å². The first kappa shape index (κ1) is 15.5. The summed E-state index contributed by atoms with van der Waals surface area (Å²) in [5.74, 6) is 1.31. The molecule has 0 amide bonds. The van der Waals surface area contributed by atoms with E-state index in [4.69, 9.17) is 10.5 Å². The molecule has 0 radical (unpaired) electrons. The highest BCUT2D eigenvalue weighted by atomic mass is 16.5. The second-order valence-corrected chi connectivity index (χ2v) is 6.85. The highest BCUT2D eigenvalue weighted by Crippen LogP contribution is 2.38. The molecule has 1 aromatic carbocycles. The average molecular weight is 275 g/mol. The molecule has 20 heavy (non-hydrogen) atoms. The Morgan fingerprint density at radius 2 is 1.90 bits per heavy atom. The Hall–Kier alpha value is -0.860. The second kappa shape index (κ2) is 6.73. The molecule has 0 saturated heterocycles. The van der Waals surface area contributed by atoms with E-state index >= 15 is 0 Å². The number of nitrogens with two attached hydrogens (primary N) is 1. The third-order valence-corrected chi connectivity index (χ3v) is 4.98. The van der Waals surface area contributed by atoms with E-state index in [0.717, 1.165) is 12.8 Å². The SMILES string of the molecule is COC(C)(C)CCC1CC(c2ccccc2)CCC1N. The molecule has 1 aliphatic carbocycles. The van der Waals surface area contributed by atoms with Crippen molar-refractivity contribution in [1.82, 2.24) is 0 Å². The molecule has 2 heteroatoms. The average Bonchev–Trinajstić information content (AvgIpc) is 2.47. The largest absolute Gasteiger partial charge is 0.379 e. The summed E-state index contributed by atoms with van der Waals surface area (Å²) in [4.78, 5) is 0. The quantitative estimate of drug-likeness (QED) is 0.878. The molecule has 1 aromatic rings. The third-order valence-electron chi connectivity index (χ3n) is 4.98. The summed E-state index contributed by atoms with van der Waals surface area (Å²) in [7, 11) is 1.80. The van der Waals surface area contributed by atoms with Crippen molar-refractivity contribution in [2.24, 2.45) is 11.7 Å². The van der Waals surface area contributed by atoms with Crippen molar-refractivity contribution in [1.29, 1.82) is 0 Å². The normalized spacial score (nSPS) is 27.5. The smallest absolute Gasteiger partial charge is 0.0622 e. The van der Waals surface area contributed by atoms with E-state index in [1.54, 1.807) is 7.11 Å². The third kappa shape index (κ3) is 4.07. The van der Waals surface area contributed by atoms with Crippen molar-refractivity contribution in [3.8, 4) is 0 Å². The van der Waals surface area contributed by atoms with Crippen LogP contribution in [-0.4, -0.2) is 18.8 Å². The Morgan fingerprint density at radius 1 is 1.20 bits per heavy atom. The van der Waals surface area contributed by atoms with E-state index in [0.29, 0.717) is 17.9 Å². The summed E-state index contributed by atoms with van der Waals surface area (Å²) < 4.78 is 5.53. The van der Waals surface area contributed by atoms with Gasteiger partial charge in [0.1, 0.15) is 0 Å². The molecule has 1 saturated carbocycles. The molecule has 0 bridgehead atoms. The fourth-order valence-corrected chi connectivity index (χ4v) is 3.28. The fraction of sp³-hybridized carbons (Fsp3) is 0.667. The summed E-state index contributed by atoms with van der Waals surface area (Å²) >= 11 is 0. The van der Waals surface area contributed by atoms with E-state index < -0.39 is 0 Å². The molecule has 2 rings (SSSR count). The summed E-state index contributed by atoms with van der Waals surface area (Å²) in [5, 5.41) is 0. The molecule has 3 unspecified atom stereocenters. The van der Waals surface area contributed by atoms with Crippen molar-refractivity contribution < 1.29 is 4.74 Å². The van der Waals surface area contributed by atoms with E-state index in [1.807, 2.05) is 0 Å². The molecule has 2 N–H and O–H groups in total. The Labute approximate surface area is 123 Å². The van der Waals surface area contributed by atoms with Crippen LogP contribution in [0.15, 0.2) is 30.3 Å². The maximum Gasteiger partial charge on any atom is 0.0622 e. The van der Waals surface area contributed by atoms with Gasteiger partial charge in [0.15, 0.2) is 0 Å². The van der Waals surface area contributed by atoms with E-state index in [9.17, 15) is 0 Å². The van der Waals surface area contributed by atoms with Gasteiger partial charge < -0.3 is 10.5 Å². The van der Waals surface area contributed by atoms with Crippen LogP contribution in [0.1, 0.15) is 57.4 Å². The molecule has 112 valence electrons. The second-order valence-electron chi connectivity index (χ2n) is 6.85. The molecular formula is C18H29NO. The van der Waals surface area contributed by atoms with Crippen molar-refractivity contribution >= 4 is 0 Å². The number of hydrogen-bond acceptors (Lipinski definition) is 2.